The minimum atomic E-state index is -1.10. The molecule has 100 valence electrons. The van der Waals surface area contributed by atoms with Crippen molar-refractivity contribution in [2.45, 2.75) is 32.8 Å². The lowest BCUT2D eigenvalue weighted by Gasteiger charge is -2.25. The van der Waals surface area contributed by atoms with Gasteiger partial charge in [0.05, 0.1) is 0 Å². The number of ketones is 1. The van der Waals surface area contributed by atoms with Crippen molar-refractivity contribution in [3.63, 3.8) is 0 Å². The van der Waals surface area contributed by atoms with Gasteiger partial charge in [-0.3, -0.25) is 9.59 Å². The summed E-state index contributed by atoms with van der Waals surface area (Å²) in [6, 6.07) is 9.45. The molecule has 19 heavy (non-hydrogen) atoms. The van der Waals surface area contributed by atoms with E-state index >= 15 is 0 Å². The van der Waals surface area contributed by atoms with Gasteiger partial charge in [0.25, 0.3) is 0 Å². The Hall–Kier alpha value is -1.90. The zero-order chi connectivity index (χ0) is 13.9. The Balaban J connectivity index is 2.10. The van der Waals surface area contributed by atoms with E-state index in [1.54, 1.807) is 0 Å². The maximum Gasteiger partial charge on any atom is 0.324 e. The maximum atomic E-state index is 12.3. The fourth-order valence-corrected chi connectivity index (χ4v) is 2.62. The molecule has 1 aliphatic carbocycles. The lowest BCUT2D eigenvalue weighted by molar-refractivity contribution is -0.158. The summed E-state index contributed by atoms with van der Waals surface area (Å²) in [5, 5.41) is 0. The van der Waals surface area contributed by atoms with Crippen LogP contribution < -0.4 is 0 Å². The highest BCUT2D eigenvalue weighted by molar-refractivity contribution is 6.06. The molecular formula is C16H18O3. The van der Waals surface area contributed by atoms with E-state index in [0.29, 0.717) is 12.0 Å². The van der Waals surface area contributed by atoms with Crippen molar-refractivity contribution in [1.29, 1.82) is 0 Å². The number of esters is 1. The average molecular weight is 258 g/mol. The first-order chi connectivity index (χ1) is 9.07. The summed E-state index contributed by atoms with van der Waals surface area (Å²) in [6.45, 7) is 5.52. The number of Topliss-reactive ketones (excluding diaryl/α,β-unsaturated/α-hetero) is 1. The van der Waals surface area contributed by atoms with Crippen molar-refractivity contribution >= 4 is 11.8 Å². The lowest BCUT2D eigenvalue weighted by Crippen LogP contribution is -2.38. The van der Waals surface area contributed by atoms with E-state index in [1.807, 2.05) is 30.3 Å². The van der Waals surface area contributed by atoms with E-state index in [1.165, 1.54) is 6.92 Å². The molecule has 0 amide bonds. The topological polar surface area (TPSA) is 43.4 Å². The fraction of sp³-hybridized carbons (Fsp3) is 0.375. The maximum absolute atomic E-state index is 12.3. The minimum absolute atomic E-state index is 0.159. The third-order valence-electron chi connectivity index (χ3n) is 3.80. The molecule has 3 nitrogen and oxygen atoms in total. The molecule has 1 aromatic carbocycles. The quantitative estimate of drug-likeness (QED) is 0.473. The molecule has 2 rings (SSSR count). The molecular weight excluding hydrogens is 240 g/mol. The molecule has 1 fully saturated rings. The molecule has 0 aromatic heterocycles. The van der Waals surface area contributed by atoms with Gasteiger partial charge in [-0.1, -0.05) is 42.5 Å². The first-order valence-corrected chi connectivity index (χ1v) is 6.48. The van der Waals surface area contributed by atoms with E-state index < -0.39 is 11.4 Å². The summed E-state index contributed by atoms with van der Waals surface area (Å²) < 4.78 is 5.33. The average Bonchev–Trinajstić information content (AvgIpc) is 2.80. The van der Waals surface area contributed by atoms with Gasteiger partial charge in [0, 0.05) is 0 Å². The Labute approximate surface area is 113 Å². The third-order valence-corrected chi connectivity index (χ3v) is 3.80. The number of ether oxygens (including phenoxy) is 1. The summed E-state index contributed by atoms with van der Waals surface area (Å²) in [6.07, 6.45) is 2.06. The third kappa shape index (κ3) is 2.46. The van der Waals surface area contributed by atoms with Crippen LogP contribution in [-0.2, 0) is 20.9 Å². The Morgan fingerprint density at radius 2 is 2.00 bits per heavy atom. The molecule has 0 heterocycles. The van der Waals surface area contributed by atoms with Crippen LogP contribution in [-0.4, -0.2) is 11.8 Å². The molecule has 0 N–H and O–H groups in total. The summed E-state index contributed by atoms with van der Waals surface area (Å²) in [5.41, 5.74) is 0.505. The van der Waals surface area contributed by atoms with E-state index in [-0.39, 0.29) is 12.4 Å². The highest BCUT2D eigenvalue weighted by atomic mass is 16.5. The van der Waals surface area contributed by atoms with Gasteiger partial charge in [-0.15, -0.1) is 0 Å². The number of rotatable bonds is 4. The van der Waals surface area contributed by atoms with Crippen LogP contribution >= 0.6 is 0 Å². The van der Waals surface area contributed by atoms with Gasteiger partial charge in [-0.25, -0.2) is 0 Å². The summed E-state index contributed by atoms with van der Waals surface area (Å²) in [5.74, 6) is -0.612. The molecule has 0 unspecified atom stereocenters. The van der Waals surface area contributed by atoms with E-state index in [2.05, 4.69) is 6.58 Å². The first-order valence-electron chi connectivity index (χ1n) is 6.48. The molecule has 1 aromatic rings. The second kappa shape index (κ2) is 5.39. The smallest absolute Gasteiger partial charge is 0.324 e. The normalized spacial score (nSPS) is 22.3. The van der Waals surface area contributed by atoms with E-state index in [9.17, 15) is 9.59 Å². The summed E-state index contributed by atoms with van der Waals surface area (Å²) in [7, 11) is 0. The van der Waals surface area contributed by atoms with Crippen molar-refractivity contribution in [3.05, 3.63) is 48.0 Å². The van der Waals surface area contributed by atoms with Crippen molar-refractivity contribution in [2.75, 3.05) is 0 Å². The molecule has 0 spiro atoms. The summed E-state index contributed by atoms with van der Waals surface area (Å²) >= 11 is 0. The predicted octanol–water partition coefficient (Wildman–Crippen LogP) is 3.05. The van der Waals surface area contributed by atoms with Crippen molar-refractivity contribution < 1.29 is 14.3 Å². The molecule has 1 saturated carbocycles. The zero-order valence-corrected chi connectivity index (χ0v) is 11.1. The Morgan fingerprint density at radius 3 is 2.53 bits per heavy atom. The van der Waals surface area contributed by atoms with E-state index in [4.69, 9.17) is 4.74 Å². The number of hydrogen-bond acceptors (Lipinski definition) is 3. The molecule has 3 heteroatoms. The second-order valence-corrected chi connectivity index (χ2v) is 4.98. The Kier molecular flexibility index (Phi) is 3.84. The van der Waals surface area contributed by atoms with Crippen LogP contribution in [0.25, 0.3) is 0 Å². The second-order valence-electron chi connectivity index (χ2n) is 4.98. The fourth-order valence-electron chi connectivity index (χ4n) is 2.62. The van der Waals surface area contributed by atoms with Crippen LogP contribution in [0.5, 0.6) is 0 Å². The molecule has 0 bridgehead atoms. The van der Waals surface area contributed by atoms with Crippen LogP contribution in [0.1, 0.15) is 31.7 Å². The Morgan fingerprint density at radius 1 is 1.32 bits per heavy atom. The van der Waals surface area contributed by atoms with Crippen molar-refractivity contribution in [3.8, 4) is 0 Å². The van der Waals surface area contributed by atoms with Crippen molar-refractivity contribution in [1.82, 2.24) is 0 Å². The first kappa shape index (κ1) is 13.5. The van der Waals surface area contributed by atoms with Crippen molar-refractivity contribution in [2.24, 2.45) is 5.41 Å². The number of carbonyl (C=O) groups is 2. The molecule has 0 saturated heterocycles. The van der Waals surface area contributed by atoms with Crippen LogP contribution in [0.15, 0.2) is 42.5 Å². The van der Waals surface area contributed by atoms with Gasteiger partial charge in [-0.2, -0.15) is 0 Å². The van der Waals surface area contributed by atoms with Gasteiger partial charge >= 0.3 is 5.97 Å². The molecule has 1 aliphatic rings. The number of benzene rings is 1. The Bertz CT molecular complexity index is 504. The van der Waals surface area contributed by atoms with Gasteiger partial charge in [-0.05, 0) is 31.7 Å². The van der Waals surface area contributed by atoms with Crippen LogP contribution in [0.3, 0.4) is 0 Å². The van der Waals surface area contributed by atoms with Gasteiger partial charge in [0.15, 0.2) is 5.78 Å². The highest BCUT2D eigenvalue weighted by Crippen LogP contribution is 2.44. The van der Waals surface area contributed by atoms with Gasteiger partial charge in [0.2, 0.25) is 0 Å². The van der Waals surface area contributed by atoms with Crippen LogP contribution in [0, 0.1) is 5.41 Å². The highest BCUT2D eigenvalue weighted by Gasteiger charge is 2.49. The molecule has 1 atom stereocenters. The number of carbonyl (C=O) groups excluding carboxylic acids is 2. The van der Waals surface area contributed by atoms with Crippen LogP contribution in [0.4, 0.5) is 0 Å². The number of hydrogen-bond donors (Lipinski definition) is 0. The molecule has 0 aliphatic heterocycles. The standard InChI is InChI=1S/C16H18O3/c1-12-7-6-10-16(12,13(2)17)15(18)19-11-14-8-4-3-5-9-14/h3-5,8-9H,1,6-7,10-11H2,2H3/t16-/m1/s1. The van der Waals surface area contributed by atoms with Crippen LogP contribution in [0.2, 0.25) is 0 Å². The summed E-state index contributed by atoms with van der Waals surface area (Å²) in [4.78, 5) is 24.2. The van der Waals surface area contributed by atoms with Gasteiger partial charge < -0.3 is 4.74 Å². The largest absolute Gasteiger partial charge is 0.460 e. The monoisotopic (exact) mass is 258 g/mol. The lowest BCUT2D eigenvalue weighted by atomic mass is 9.79. The SMILES string of the molecule is C=C1CCC[C@@]1(C(C)=O)C(=O)OCc1ccccc1. The molecule has 0 radical (unpaired) electrons. The van der Waals surface area contributed by atoms with Gasteiger partial charge in [0.1, 0.15) is 12.0 Å². The zero-order valence-electron chi connectivity index (χ0n) is 11.1. The minimum Gasteiger partial charge on any atom is -0.460 e. The van der Waals surface area contributed by atoms with E-state index in [0.717, 1.165) is 18.4 Å². The predicted molar refractivity (Wildman–Crippen MR) is 72.3 cm³/mol.